The summed E-state index contributed by atoms with van der Waals surface area (Å²) in [6.07, 6.45) is 1.03. The topological polar surface area (TPSA) is 82.8 Å². The van der Waals surface area contributed by atoms with Gasteiger partial charge in [-0.05, 0) is 52.6 Å². The highest BCUT2D eigenvalue weighted by Gasteiger charge is 2.14. The number of carbonyl (C=O) groups is 1. The van der Waals surface area contributed by atoms with Gasteiger partial charge >= 0.3 is 5.97 Å². The van der Waals surface area contributed by atoms with Gasteiger partial charge in [-0.3, -0.25) is 0 Å². The van der Waals surface area contributed by atoms with Gasteiger partial charge in [0, 0.05) is 11.1 Å². The first-order chi connectivity index (χ1) is 18.2. The number of nitrogens with zero attached hydrogens (tertiary/aromatic N) is 5. The van der Waals surface area contributed by atoms with E-state index >= 15 is 0 Å². The van der Waals surface area contributed by atoms with E-state index in [2.05, 4.69) is 76.0 Å². The Hall–Kier alpha value is -4.69. The van der Waals surface area contributed by atoms with Crippen molar-refractivity contribution in [2.75, 3.05) is 0 Å². The van der Waals surface area contributed by atoms with Crippen LogP contribution >= 0.6 is 11.3 Å². The Balaban J connectivity index is 1.16. The molecule has 6 rings (SSSR count). The highest BCUT2D eigenvalue weighted by Crippen LogP contribution is 2.31. The molecule has 0 spiro atoms. The van der Waals surface area contributed by atoms with E-state index in [1.165, 1.54) is 22.5 Å². The third-order valence-corrected chi connectivity index (χ3v) is 7.13. The third kappa shape index (κ3) is 4.62. The lowest BCUT2D eigenvalue weighted by Gasteiger charge is -2.04. The van der Waals surface area contributed by atoms with Crippen LogP contribution in [0.5, 0.6) is 0 Å². The van der Waals surface area contributed by atoms with Gasteiger partial charge in [0.25, 0.3) is 0 Å². The Morgan fingerprint density at radius 2 is 1.30 bits per heavy atom. The average Bonchev–Trinajstić information content (AvgIpc) is 3.61. The highest BCUT2D eigenvalue weighted by molar-refractivity contribution is 7.17. The summed E-state index contributed by atoms with van der Waals surface area (Å²) in [4.78, 5) is 19.1. The average molecular weight is 504 g/mol. The second-order valence-electron chi connectivity index (χ2n) is 8.45. The lowest BCUT2D eigenvalue weighted by molar-refractivity contribution is 0.0409. The van der Waals surface area contributed by atoms with Gasteiger partial charge in [0.2, 0.25) is 0 Å². The molecule has 4 aromatic carbocycles. The van der Waals surface area contributed by atoms with Gasteiger partial charge in [-0.2, -0.15) is 0 Å². The van der Waals surface area contributed by atoms with Crippen LogP contribution in [0.3, 0.4) is 0 Å². The van der Waals surface area contributed by atoms with E-state index in [9.17, 15) is 4.79 Å². The Bertz CT molecular complexity index is 1690. The zero-order valence-electron chi connectivity index (χ0n) is 19.9. The summed E-state index contributed by atoms with van der Waals surface area (Å²) in [5, 5.41) is 18.2. The number of hydrogen-bond donors (Lipinski definition) is 0. The van der Waals surface area contributed by atoms with Crippen LogP contribution < -0.4 is 4.84 Å². The van der Waals surface area contributed by atoms with E-state index in [4.69, 9.17) is 4.84 Å². The molecule has 0 saturated carbocycles. The van der Waals surface area contributed by atoms with Crippen molar-refractivity contribution in [1.82, 2.24) is 25.4 Å². The largest absolute Gasteiger partial charge is 0.365 e. The fraction of sp³-hybridized carbons (Fsp3) is 0.0690. The van der Waals surface area contributed by atoms with Crippen LogP contribution in [-0.2, 0) is 6.42 Å². The van der Waals surface area contributed by atoms with Gasteiger partial charge < -0.3 is 4.84 Å². The number of hydrogen-bond acceptors (Lipinski definition) is 7. The minimum Gasteiger partial charge on any atom is -0.312 e. The standard InChI is InChI=1S/C29H21N5O2S/c1-2-19-7-9-20(10-8-19)21-11-13-22(14-12-21)27-31-32-28(37-27)23-15-17-24(18-16-23)29(35)36-34-26-6-4-3-5-25(26)30-33-34/h3-18H,2H2,1H3. The lowest BCUT2D eigenvalue weighted by Crippen LogP contribution is -2.20. The van der Waals surface area contributed by atoms with Crippen molar-refractivity contribution in [3.63, 3.8) is 0 Å². The Labute approximate surface area is 217 Å². The second-order valence-corrected chi connectivity index (χ2v) is 9.42. The first-order valence-electron chi connectivity index (χ1n) is 11.8. The van der Waals surface area contributed by atoms with E-state index < -0.39 is 5.97 Å². The molecular weight excluding hydrogens is 482 g/mol. The van der Waals surface area contributed by atoms with Crippen LogP contribution in [0.2, 0.25) is 0 Å². The van der Waals surface area contributed by atoms with Crippen LogP contribution in [0.1, 0.15) is 22.8 Å². The number of carbonyl (C=O) groups excluding carboxylic acids is 1. The molecule has 0 amide bonds. The smallest absolute Gasteiger partial charge is 0.312 e. The van der Waals surface area contributed by atoms with Gasteiger partial charge in [-0.15, -0.1) is 15.3 Å². The number of fused-ring (bicyclic) bond motifs is 1. The molecule has 0 aliphatic rings. The van der Waals surface area contributed by atoms with Crippen LogP contribution in [0.15, 0.2) is 97.1 Å². The maximum absolute atomic E-state index is 12.6. The molecule has 180 valence electrons. The molecule has 0 radical (unpaired) electrons. The predicted octanol–water partition coefficient (Wildman–Crippen LogP) is 6.12. The summed E-state index contributed by atoms with van der Waals surface area (Å²) >= 11 is 1.50. The fourth-order valence-corrected chi connectivity index (χ4v) is 4.84. The Kier molecular flexibility index (Phi) is 6.00. The van der Waals surface area contributed by atoms with E-state index in [1.807, 2.05) is 24.3 Å². The number of para-hydroxylation sites is 1. The molecule has 6 aromatic rings. The number of benzene rings is 4. The molecule has 0 fully saturated rings. The van der Waals surface area contributed by atoms with Crippen molar-refractivity contribution < 1.29 is 9.63 Å². The van der Waals surface area contributed by atoms with Gasteiger partial charge in [-0.1, -0.05) is 95.9 Å². The van der Waals surface area contributed by atoms with Crippen molar-refractivity contribution in [3.05, 3.63) is 108 Å². The summed E-state index contributed by atoms with van der Waals surface area (Å²) in [6.45, 7) is 2.16. The monoisotopic (exact) mass is 503 g/mol. The fourth-order valence-electron chi connectivity index (χ4n) is 3.99. The number of aromatic nitrogens is 5. The minimum atomic E-state index is -0.524. The maximum Gasteiger partial charge on any atom is 0.365 e. The van der Waals surface area contributed by atoms with Crippen molar-refractivity contribution in [3.8, 4) is 32.3 Å². The van der Waals surface area contributed by atoms with Gasteiger partial charge in [-0.25, -0.2) is 4.79 Å². The van der Waals surface area contributed by atoms with Crippen molar-refractivity contribution >= 4 is 28.3 Å². The maximum atomic E-state index is 12.6. The lowest BCUT2D eigenvalue weighted by atomic mass is 10.0. The van der Waals surface area contributed by atoms with Crippen LogP contribution in [-0.4, -0.2) is 31.3 Å². The molecule has 7 nitrogen and oxygen atoms in total. The van der Waals surface area contributed by atoms with Gasteiger partial charge in [0.1, 0.15) is 21.0 Å². The third-order valence-electron chi connectivity index (χ3n) is 6.11. The van der Waals surface area contributed by atoms with Crippen molar-refractivity contribution in [2.45, 2.75) is 13.3 Å². The highest BCUT2D eigenvalue weighted by atomic mass is 32.1. The summed E-state index contributed by atoms with van der Waals surface area (Å²) in [6, 6.07) is 31.4. The zero-order valence-corrected chi connectivity index (χ0v) is 20.7. The molecule has 0 N–H and O–H groups in total. The van der Waals surface area contributed by atoms with E-state index in [0.29, 0.717) is 16.6 Å². The Morgan fingerprint density at radius 3 is 1.95 bits per heavy atom. The Morgan fingerprint density at radius 1 is 0.730 bits per heavy atom. The molecule has 8 heteroatoms. The van der Waals surface area contributed by atoms with E-state index in [1.54, 1.807) is 24.3 Å². The van der Waals surface area contributed by atoms with Crippen molar-refractivity contribution in [1.29, 1.82) is 0 Å². The molecule has 37 heavy (non-hydrogen) atoms. The molecular formula is C29H21N5O2S. The molecule has 0 atom stereocenters. The molecule has 2 aromatic heterocycles. The van der Waals surface area contributed by atoms with Gasteiger partial charge in [0.05, 0.1) is 5.56 Å². The summed E-state index contributed by atoms with van der Waals surface area (Å²) in [5.41, 5.74) is 7.24. The molecule has 0 aliphatic heterocycles. The number of rotatable bonds is 6. The number of aryl methyl sites for hydroxylation is 1. The van der Waals surface area contributed by atoms with Crippen molar-refractivity contribution in [2.24, 2.45) is 0 Å². The van der Waals surface area contributed by atoms with Crippen LogP contribution in [0, 0.1) is 0 Å². The first-order valence-corrected chi connectivity index (χ1v) is 12.7. The minimum absolute atomic E-state index is 0.399. The molecule has 0 aliphatic carbocycles. The summed E-state index contributed by atoms with van der Waals surface area (Å²) in [7, 11) is 0. The van der Waals surface area contributed by atoms with Gasteiger partial charge in [0.15, 0.2) is 0 Å². The summed E-state index contributed by atoms with van der Waals surface area (Å²) < 4.78 is 0. The second kappa shape index (κ2) is 9.75. The van der Waals surface area contributed by atoms with E-state index in [0.717, 1.165) is 38.0 Å². The SMILES string of the molecule is CCc1ccc(-c2ccc(-c3nnc(-c4ccc(C(=O)On5nnc6ccccc65)cc4)s3)cc2)cc1. The molecule has 0 bridgehead atoms. The normalized spacial score (nSPS) is 11.1. The van der Waals surface area contributed by atoms with Crippen LogP contribution in [0.4, 0.5) is 0 Å². The zero-order chi connectivity index (χ0) is 25.2. The molecule has 2 heterocycles. The van der Waals surface area contributed by atoms with Crippen LogP contribution in [0.25, 0.3) is 43.3 Å². The summed E-state index contributed by atoms with van der Waals surface area (Å²) in [5.74, 6) is -0.524. The van der Waals surface area contributed by atoms with E-state index in [-0.39, 0.29) is 0 Å². The molecule has 0 saturated heterocycles. The predicted molar refractivity (Wildman–Crippen MR) is 144 cm³/mol. The quantitative estimate of drug-likeness (QED) is 0.255. The molecule has 0 unspecified atom stereocenters. The first kappa shape index (κ1) is 22.8.